The van der Waals surface area contributed by atoms with Gasteiger partial charge in [0.15, 0.2) is 11.5 Å². The van der Waals surface area contributed by atoms with Gasteiger partial charge in [0.05, 0.1) is 19.1 Å². The summed E-state index contributed by atoms with van der Waals surface area (Å²) in [4.78, 5) is 17.2. The molecule has 5 aliphatic rings. The lowest BCUT2D eigenvalue weighted by Gasteiger charge is -2.39. The number of nitrogens with zero attached hydrogens (tertiary/aromatic N) is 1. The SMILES string of the molecule is COc1cc(O)cc2c1-c1ccc3c4c1[C@@]1(CC[C@H](Cc5ccc(N)nc5C#CCc5cc(O)c6c(c5[C@@H](O4)[C@H]3COC(C)=O)C=C[C@@H](NCCC(C)C)CO6)C1)C2. The highest BCUT2D eigenvalue weighted by molar-refractivity contribution is 5.84. The number of phenols is 2. The highest BCUT2D eigenvalue weighted by Gasteiger charge is 2.51. The minimum Gasteiger partial charge on any atom is -0.508 e. The van der Waals surface area contributed by atoms with E-state index in [4.69, 9.17) is 29.7 Å². The summed E-state index contributed by atoms with van der Waals surface area (Å²) in [6, 6.07) is 13.4. The summed E-state index contributed by atoms with van der Waals surface area (Å²) in [6.45, 7) is 7.10. The van der Waals surface area contributed by atoms with Crippen molar-refractivity contribution in [3.05, 3.63) is 93.2 Å². The average molecular weight is 782 g/mol. The van der Waals surface area contributed by atoms with Crippen molar-refractivity contribution in [3.63, 3.8) is 0 Å². The van der Waals surface area contributed by atoms with Gasteiger partial charge in [0, 0.05) is 52.6 Å². The molecule has 0 radical (unpaired) electrons. The number of rotatable bonds is 7. The number of anilines is 1. The van der Waals surface area contributed by atoms with E-state index < -0.39 is 6.10 Å². The fourth-order valence-corrected chi connectivity index (χ4v) is 10.3. The molecular weight excluding hydrogens is 731 g/mol. The summed E-state index contributed by atoms with van der Waals surface area (Å²) >= 11 is 0. The van der Waals surface area contributed by atoms with Gasteiger partial charge in [-0.3, -0.25) is 4.79 Å². The van der Waals surface area contributed by atoms with Crippen LogP contribution in [0, 0.1) is 23.7 Å². The fourth-order valence-electron chi connectivity index (χ4n) is 10.3. The van der Waals surface area contributed by atoms with Gasteiger partial charge in [0.1, 0.15) is 48.1 Å². The molecule has 10 nitrogen and oxygen atoms in total. The van der Waals surface area contributed by atoms with Gasteiger partial charge >= 0.3 is 5.97 Å². The van der Waals surface area contributed by atoms with E-state index in [1.165, 1.54) is 6.92 Å². The predicted molar refractivity (Wildman–Crippen MR) is 222 cm³/mol. The first-order chi connectivity index (χ1) is 28.0. The molecule has 3 aliphatic heterocycles. The molecule has 4 bridgehead atoms. The smallest absolute Gasteiger partial charge is 0.302 e. The number of fused-ring (bicyclic) bond motifs is 9. The van der Waals surface area contributed by atoms with Crippen molar-refractivity contribution in [1.82, 2.24) is 10.3 Å². The van der Waals surface area contributed by atoms with Crippen LogP contribution in [-0.2, 0) is 34.2 Å². The monoisotopic (exact) mass is 781 g/mol. The highest BCUT2D eigenvalue weighted by Crippen LogP contribution is 2.63. The fraction of sp³-hybridized carbons (Fsp3) is 0.417. The highest BCUT2D eigenvalue weighted by atomic mass is 16.5. The summed E-state index contributed by atoms with van der Waals surface area (Å²) < 4.78 is 25.7. The van der Waals surface area contributed by atoms with Crippen molar-refractivity contribution in [1.29, 1.82) is 0 Å². The van der Waals surface area contributed by atoms with E-state index in [2.05, 4.69) is 55.3 Å². The quantitative estimate of drug-likeness (QED) is 0.109. The zero-order valence-corrected chi connectivity index (χ0v) is 33.6. The van der Waals surface area contributed by atoms with Crippen LogP contribution in [0.3, 0.4) is 0 Å². The van der Waals surface area contributed by atoms with Crippen molar-refractivity contribution in [2.45, 2.75) is 89.2 Å². The van der Waals surface area contributed by atoms with Gasteiger partial charge in [-0.2, -0.15) is 0 Å². The number of benzene rings is 3. The number of carbonyl (C=O) groups excluding carboxylic acids is 1. The lowest BCUT2D eigenvalue weighted by atomic mass is 9.65. The van der Waals surface area contributed by atoms with E-state index >= 15 is 0 Å². The van der Waals surface area contributed by atoms with Crippen molar-refractivity contribution < 1.29 is 34.0 Å². The molecule has 2 aliphatic carbocycles. The predicted octanol–water partition coefficient (Wildman–Crippen LogP) is 7.69. The molecule has 9 rings (SSSR count). The summed E-state index contributed by atoms with van der Waals surface area (Å²) in [6.07, 6.45) is 9.10. The third kappa shape index (κ3) is 6.69. The maximum absolute atomic E-state index is 12.5. The number of aromatic hydroxyl groups is 2. The molecule has 10 heteroatoms. The molecule has 1 spiro atoms. The Bertz CT molecular complexity index is 2410. The van der Waals surface area contributed by atoms with Crippen LogP contribution in [0.5, 0.6) is 28.7 Å². The van der Waals surface area contributed by atoms with E-state index in [0.29, 0.717) is 47.9 Å². The molecule has 0 unspecified atom stereocenters. The first-order valence-electron chi connectivity index (χ1n) is 20.6. The maximum Gasteiger partial charge on any atom is 0.302 e. The average Bonchev–Trinajstić information content (AvgIpc) is 3.67. The molecule has 300 valence electrons. The molecule has 4 aromatic rings. The van der Waals surface area contributed by atoms with E-state index in [0.717, 1.165) is 94.5 Å². The molecule has 3 aromatic carbocycles. The Balaban J connectivity index is 1.28. The summed E-state index contributed by atoms with van der Waals surface area (Å²) in [5, 5.41) is 26.2. The second kappa shape index (κ2) is 14.9. The number of nitrogen functional groups attached to an aromatic ring is 1. The van der Waals surface area contributed by atoms with Crippen LogP contribution in [0.1, 0.15) is 103 Å². The van der Waals surface area contributed by atoms with E-state index in [1.54, 1.807) is 19.2 Å². The minimum absolute atomic E-state index is 0.0244. The topological polar surface area (TPSA) is 145 Å². The lowest BCUT2D eigenvalue weighted by molar-refractivity contribution is -0.141. The van der Waals surface area contributed by atoms with Gasteiger partial charge in [-0.25, -0.2) is 4.98 Å². The van der Waals surface area contributed by atoms with Gasteiger partial charge < -0.3 is 40.2 Å². The van der Waals surface area contributed by atoms with E-state index in [-0.39, 0.29) is 47.9 Å². The number of methoxy groups -OCH3 is 1. The summed E-state index contributed by atoms with van der Waals surface area (Å²) in [7, 11) is 1.64. The van der Waals surface area contributed by atoms with Gasteiger partial charge in [0.25, 0.3) is 0 Å². The minimum atomic E-state index is -0.616. The number of phenolic OH excluding ortho intramolecular Hbond substituents is 2. The summed E-state index contributed by atoms with van der Waals surface area (Å²) in [5.74, 6) is 9.29. The number of nitrogens with two attached hydrogens (primary N) is 1. The normalized spacial score (nSPS) is 23.3. The molecule has 1 aromatic heterocycles. The number of esters is 1. The first-order valence-corrected chi connectivity index (χ1v) is 20.6. The maximum atomic E-state index is 12.5. The molecular formula is C48H51N3O7. The van der Waals surface area contributed by atoms with Crippen LogP contribution < -0.4 is 25.3 Å². The third-order valence-electron chi connectivity index (χ3n) is 12.8. The van der Waals surface area contributed by atoms with Gasteiger partial charge in [-0.15, -0.1) is 0 Å². The second-order valence-electron chi connectivity index (χ2n) is 17.2. The number of carbonyl (C=O) groups is 1. The van der Waals surface area contributed by atoms with E-state index in [1.807, 2.05) is 18.2 Å². The Hall–Kier alpha value is -5.66. The zero-order valence-electron chi connectivity index (χ0n) is 33.6. The van der Waals surface area contributed by atoms with Crippen LogP contribution in [0.25, 0.3) is 17.2 Å². The van der Waals surface area contributed by atoms with Gasteiger partial charge in [-0.05, 0) is 103 Å². The molecule has 1 fully saturated rings. The molecule has 0 amide bonds. The standard InChI is InChI=1S/C48H51N3O7/c1-26(2)15-17-50-32-9-10-36-43-30(20-39(54)45(36)57-24-32)6-5-7-38-29(8-13-41(49)51-38)18-28-14-16-48(22-28)23-31-19-33(53)21-40(55-4)42(31)35-12-11-34-37(25-56-27(3)52)46(43)58-47(34)44(35)48/h8-13,19-21,26,28,32,37,46,50,53-54H,6,14-18,22-25H2,1-4H3,(H2,49,51)/t28-,32-,37+,46+,48-/m1/s1. The van der Waals surface area contributed by atoms with E-state index in [9.17, 15) is 15.0 Å². The Labute approximate surface area is 339 Å². The van der Waals surface area contributed by atoms with Crippen molar-refractivity contribution in [2.75, 3.05) is 32.6 Å². The molecule has 1 saturated carbocycles. The first kappa shape index (κ1) is 37.9. The van der Waals surface area contributed by atoms with Crippen molar-refractivity contribution >= 4 is 17.9 Å². The van der Waals surface area contributed by atoms with Crippen LogP contribution >= 0.6 is 0 Å². The molecule has 58 heavy (non-hydrogen) atoms. The number of hydrogen-bond acceptors (Lipinski definition) is 10. The van der Waals surface area contributed by atoms with Crippen LogP contribution in [0.15, 0.2) is 48.5 Å². The largest absolute Gasteiger partial charge is 0.508 e. The van der Waals surface area contributed by atoms with Gasteiger partial charge in [0.2, 0.25) is 0 Å². The molecule has 5 N–H and O–H groups in total. The summed E-state index contributed by atoms with van der Waals surface area (Å²) in [5.41, 5.74) is 15.1. The Kier molecular flexibility index (Phi) is 9.76. The zero-order chi connectivity index (χ0) is 40.3. The Morgan fingerprint density at radius 1 is 1.12 bits per heavy atom. The van der Waals surface area contributed by atoms with Crippen LogP contribution in [-0.4, -0.2) is 54.1 Å². The number of nitrogens with one attached hydrogen (secondary N) is 1. The number of ether oxygens (including phenoxy) is 4. The van der Waals surface area contributed by atoms with Crippen LogP contribution in [0.2, 0.25) is 0 Å². The number of pyridine rings is 1. The lowest BCUT2D eigenvalue weighted by Crippen LogP contribution is -2.33. The number of aromatic nitrogens is 1. The van der Waals surface area contributed by atoms with Crippen molar-refractivity contribution in [2.24, 2.45) is 11.8 Å². The Morgan fingerprint density at radius 2 is 1.98 bits per heavy atom. The van der Waals surface area contributed by atoms with Gasteiger partial charge in [-0.1, -0.05) is 50.1 Å². The Morgan fingerprint density at radius 3 is 2.79 bits per heavy atom. The van der Waals surface area contributed by atoms with Crippen molar-refractivity contribution in [3.8, 4) is 51.7 Å². The molecule has 0 saturated heterocycles. The molecule has 5 atom stereocenters. The third-order valence-corrected chi connectivity index (χ3v) is 12.8. The van der Waals surface area contributed by atoms with Crippen LogP contribution in [0.4, 0.5) is 5.82 Å². The number of hydrogen-bond donors (Lipinski definition) is 4. The molecule has 4 heterocycles. The second-order valence-corrected chi connectivity index (χ2v) is 17.2.